The topological polar surface area (TPSA) is 0 Å². The van der Waals surface area contributed by atoms with E-state index in [4.69, 9.17) is 0 Å². The number of halogens is 2. The predicted octanol–water partition coefficient (Wildman–Crippen LogP) is 2.39. The van der Waals surface area contributed by atoms with Crippen molar-refractivity contribution in [2.75, 3.05) is 0 Å². The van der Waals surface area contributed by atoms with Crippen molar-refractivity contribution >= 4 is 3.21 Å². The molecule has 0 spiro atoms. The van der Waals surface area contributed by atoms with Crippen LogP contribution in [-0.4, -0.2) is 3.21 Å². The van der Waals surface area contributed by atoms with Crippen LogP contribution in [0.15, 0.2) is 103 Å². The van der Waals surface area contributed by atoms with E-state index in [2.05, 4.69) is 72.8 Å². The minimum absolute atomic E-state index is 0. The first kappa shape index (κ1) is 30.6. The van der Waals surface area contributed by atoms with Gasteiger partial charge in [0, 0.05) is 0 Å². The van der Waals surface area contributed by atoms with E-state index in [1.165, 1.54) is 72.8 Å². The Morgan fingerprint density at radius 2 is 1.44 bits per heavy atom. The van der Waals surface area contributed by atoms with Gasteiger partial charge < -0.3 is 24.8 Å². The fourth-order valence-electron chi connectivity index (χ4n) is 4.97. The van der Waals surface area contributed by atoms with Gasteiger partial charge in [-0.2, -0.15) is 48.0 Å². The van der Waals surface area contributed by atoms with Crippen LogP contribution in [0.2, 0.25) is 0 Å². The summed E-state index contributed by atoms with van der Waals surface area (Å²) in [5, 5.41) is 0. The maximum Gasteiger partial charge on any atom is -0.0253 e. The van der Waals surface area contributed by atoms with Crippen LogP contribution < -0.4 is 24.8 Å². The summed E-state index contributed by atoms with van der Waals surface area (Å²) in [7, 11) is 0. The Morgan fingerprint density at radius 1 is 0.778 bits per heavy atom. The van der Waals surface area contributed by atoms with E-state index in [1.54, 1.807) is 27.4 Å². The van der Waals surface area contributed by atoms with Crippen LogP contribution in [0, 0.1) is 12.0 Å². The summed E-state index contributed by atoms with van der Waals surface area (Å²) >= 11 is 1.65. The number of hydrogen-bond acceptors (Lipinski definition) is 0. The third kappa shape index (κ3) is 9.66. The monoisotopic (exact) mass is 590 g/mol. The zero-order chi connectivity index (χ0) is 23.4. The largest absolute Gasteiger partial charge is 0.214 e. The molecule has 1 fully saturated rings. The molecule has 0 aromatic heterocycles. The molecule has 0 bridgehead atoms. The van der Waals surface area contributed by atoms with Crippen LogP contribution >= 0.6 is 0 Å². The van der Waals surface area contributed by atoms with Crippen LogP contribution in [0.1, 0.15) is 55.2 Å². The third-order valence-electron chi connectivity index (χ3n) is 6.69. The summed E-state index contributed by atoms with van der Waals surface area (Å²) in [6.07, 6.45) is 11.0. The van der Waals surface area contributed by atoms with Gasteiger partial charge in [-0.15, -0.1) is 5.56 Å². The predicted molar refractivity (Wildman–Crippen MR) is 142 cm³/mol. The molecule has 3 heteroatoms. The van der Waals surface area contributed by atoms with Crippen LogP contribution in [0.5, 0.6) is 0 Å². The van der Waals surface area contributed by atoms with Crippen LogP contribution in [-0.2, 0) is 37.1 Å². The molecule has 0 heterocycles. The van der Waals surface area contributed by atoms with Crippen LogP contribution in [0.4, 0.5) is 0 Å². The van der Waals surface area contributed by atoms with E-state index >= 15 is 0 Å². The summed E-state index contributed by atoms with van der Waals surface area (Å²) in [6, 6.07) is 39.0. The van der Waals surface area contributed by atoms with Gasteiger partial charge >= 0.3 is 114 Å². The first-order valence-corrected chi connectivity index (χ1v) is 13.9. The van der Waals surface area contributed by atoms with E-state index in [0.29, 0.717) is 0 Å². The summed E-state index contributed by atoms with van der Waals surface area (Å²) in [5.41, 5.74) is 7.00. The van der Waals surface area contributed by atoms with Gasteiger partial charge in [0.1, 0.15) is 0 Å². The van der Waals surface area contributed by atoms with Crippen molar-refractivity contribution in [2.45, 2.75) is 51.4 Å². The molecule has 186 valence electrons. The van der Waals surface area contributed by atoms with E-state index in [0.717, 1.165) is 12.3 Å². The third-order valence-corrected chi connectivity index (χ3v) is 7.63. The number of fused-ring (bicyclic) bond motifs is 3. The molecule has 6 rings (SSSR count). The molecule has 0 amide bonds. The van der Waals surface area contributed by atoms with Crippen molar-refractivity contribution in [1.29, 1.82) is 0 Å². The molecule has 0 atom stereocenters. The second-order valence-electron chi connectivity index (χ2n) is 9.33. The number of rotatable bonds is 4. The van der Waals surface area contributed by atoms with E-state index in [-0.39, 0.29) is 24.8 Å². The van der Waals surface area contributed by atoms with Crippen molar-refractivity contribution in [3.63, 3.8) is 0 Å². The SMILES string of the molecule is [Cl-].[Cl-].[Zr+2]=[C](Cc1ccccc1)CC1CCCCC1.[c-]1cccc2c1Cc1ccccc1-2.c1cc[cH-]c1. The summed E-state index contributed by atoms with van der Waals surface area (Å²) in [5.74, 6) is 1.01. The molecule has 0 radical (unpaired) electrons. The van der Waals surface area contributed by atoms with Crippen molar-refractivity contribution in [2.24, 2.45) is 5.92 Å². The molecule has 0 N–H and O–H groups in total. The Hall–Kier alpha value is -1.66. The van der Waals surface area contributed by atoms with E-state index in [1.807, 2.05) is 36.4 Å². The van der Waals surface area contributed by atoms with Crippen molar-refractivity contribution in [1.82, 2.24) is 0 Å². The molecular formula is C33H34Cl2Zr-2. The Balaban J connectivity index is 0.000000205. The van der Waals surface area contributed by atoms with Gasteiger partial charge in [0.05, 0.1) is 0 Å². The van der Waals surface area contributed by atoms with Crippen molar-refractivity contribution in [3.05, 3.63) is 126 Å². The molecule has 1 saturated carbocycles. The Kier molecular flexibility index (Phi) is 14.4. The Bertz CT molecular complexity index is 1070. The standard InChI is InChI=1S/C15H20.C13H9.C5H5.2ClH.Zr/c1-3-8-14(9-4-1)12-7-13-15-10-5-2-6-11-15;1-3-7-12-10(5-1)9-11-6-2-4-8-13(11)12;1-2-4-5-3-1;;;/h1,3-4,8-9,15H,2,5-6,10-13H2;1-5,7-8H,9H2;1-5H;2*1H;/q;2*-1;;;+2/p-2. The minimum atomic E-state index is 0. The van der Waals surface area contributed by atoms with Gasteiger partial charge in [-0.3, -0.25) is 0 Å². The van der Waals surface area contributed by atoms with Crippen molar-refractivity contribution < 1.29 is 49.0 Å². The molecular weight excluding hydrogens is 558 g/mol. The fourth-order valence-corrected chi connectivity index (χ4v) is 6.18. The normalized spacial score (nSPS) is 13.3. The van der Waals surface area contributed by atoms with Crippen LogP contribution in [0.3, 0.4) is 0 Å². The average Bonchev–Trinajstić information content (AvgIpc) is 3.58. The van der Waals surface area contributed by atoms with Gasteiger partial charge in [-0.1, -0.05) is 35.4 Å². The summed E-state index contributed by atoms with van der Waals surface area (Å²) < 4.78 is 1.75. The van der Waals surface area contributed by atoms with E-state index < -0.39 is 0 Å². The zero-order valence-electron chi connectivity index (χ0n) is 20.8. The first-order chi connectivity index (χ1) is 16.8. The molecule has 0 nitrogen and oxygen atoms in total. The van der Waals surface area contributed by atoms with Gasteiger partial charge in [-0.05, 0) is 6.42 Å². The van der Waals surface area contributed by atoms with Gasteiger partial charge in [0.2, 0.25) is 0 Å². The second kappa shape index (κ2) is 17.0. The number of benzene rings is 3. The first-order valence-electron chi connectivity index (χ1n) is 12.6. The Morgan fingerprint density at radius 3 is 2.14 bits per heavy atom. The summed E-state index contributed by atoms with van der Waals surface area (Å²) in [6.45, 7) is 0. The maximum absolute atomic E-state index is 3.30. The van der Waals surface area contributed by atoms with Gasteiger partial charge in [-0.25, -0.2) is 12.1 Å². The second-order valence-corrected chi connectivity index (χ2v) is 11.1. The minimum Gasteiger partial charge on any atom is -0.214 e. The summed E-state index contributed by atoms with van der Waals surface area (Å²) in [4.78, 5) is 0. The van der Waals surface area contributed by atoms with Gasteiger partial charge in [0.15, 0.2) is 0 Å². The van der Waals surface area contributed by atoms with E-state index in [9.17, 15) is 0 Å². The number of hydrogen-bond donors (Lipinski definition) is 0. The van der Waals surface area contributed by atoms with Crippen molar-refractivity contribution in [3.8, 4) is 11.1 Å². The Labute approximate surface area is 245 Å². The fraction of sp³-hybridized carbons (Fsp3) is 0.273. The molecule has 4 aromatic rings. The quantitative estimate of drug-likeness (QED) is 0.282. The molecule has 36 heavy (non-hydrogen) atoms. The zero-order valence-corrected chi connectivity index (χ0v) is 24.8. The molecule has 4 aromatic carbocycles. The molecule has 0 unspecified atom stereocenters. The molecule has 2 aliphatic rings. The molecule has 0 saturated heterocycles. The molecule has 0 aliphatic heterocycles. The smallest absolute Gasteiger partial charge is 0.0253 e. The van der Waals surface area contributed by atoms with Crippen LogP contribution in [0.25, 0.3) is 11.1 Å². The average molecular weight is 593 g/mol. The maximum atomic E-state index is 3.30. The van der Waals surface area contributed by atoms with Gasteiger partial charge in [0.25, 0.3) is 0 Å². The molecule has 2 aliphatic carbocycles.